The molecular formula is C32H30O2Sc. The first-order valence-corrected chi connectivity index (χ1v) is 13.9. The normalized spacial score (nSPS) is 12.4. The number of hydrogen-bond donors (Lipinski definition) is 2. The summed E-state index contributed by atoms with van der Waals surface area (Å²) in [4.78, 5) is 0. The fourth-order valence-corrected chi connectivity index (χ4v) is 8.71. The van der Waals surface area contributed by atoms with Crippen LogP contribution in [0.5, 0.6) is 0 Å². The van der Waals surface area contributed by atoms with Crippen molar-refractivity contribution in [3.8, 4) is 22.3 Å². The van der Waals surface area contributed by atoms with Crippen molar-refractivity contribution in [1.29, 1.82) is 0 Å². The van der Waals surface area contributed by atoms with Gasteiger partial charge in [-0.05, 0) is 13.8 Å². The van der Waals surface area contributed by atoms with Crippen LogP contribution in [0.15, 0.2) is 122 Å². The van der Waals surface area contributed by atoms with Crippen LogP contribution in [0.25, 0.3) is 22.3 Å². The molecular weight excluding hydrogens is 461 g/mol. The molecule has 2 N–H and O–H groups in total. The maximum atomic E-state index is 7.86. The summed E-state index contributed by atoms with van der Waals surface area (Å²) in [5.41, 5.74) is 12.0. The summed E-state index contributed by atoms with van der Waals surface area (Å²) in [6.45, 7) is 9.28. The van der Waals surface area contributed by atoms with E-state index in [0.29, 0.717) is 7.35 Å². The Labute approximate surface area is 219 Å². The molecule has 0 fully saturated rings. The molecule has 0 atom stereocenters. The number of aliphatic hydroxyl groups excluding tert-OH is 2. The quantitative estimate of drug-likeness (QED) is 0.275. The molecule has 3 heteroatoms. The first-order chi connectivity index (χ1) is 16.9. The standard InChI is InChI=1S/2C13H9.2C3H6O.Sc/c2*1-3-7-12-10(5-1)9-11-6-2-4-8-13(11)12;2*1-3(2)4;/h2*1-9H;2*4H,1H2,2H3;. The van der Waals surface area contributed by atoms with Crippen molar-refractivity contribution in [3.63, 3.8) is 0 Å². The van der Waals surface area contributed by atoms with E-state index in [1.807, 2.05) is 0 Å². The molecule has 0 bridgehead atoms. The molecule has 35 heavy (non-hydrogen) atoms. The molecule has 4 aromatic carbocycles. The van der Waals surface area contributed by atoms with Crippen molar-refractivity contribution in [2.24, 2.45) is 0 Å². The van der Waals surface area contributed by atoms with Crippen LogP contribution in [0.1, 0.15) is 43.5 Å². The molecule has 6 rings (SSSR count). The number of rotatable bonds is 2. The maximum absolute atomic E-state index is 7.86. The van der Waals surface area contributed by atoms with E-state index in [4.69, 9.17) is 10.2 Å². The first kappa shape index (κ1) is 24.9. The van der Waals surface area contributed by atoms with Gasteiger partial charge in [0.15, 0.2) is 0 Å². The number of aliphatic hydroxyl groups is 2. The average Bonchev–Trinajstić information content (AvgIpc) is 3.33. The Bertz CT molecular complexity index is 1170. The van der Waals surface area contributed by atoms with Crippen molar-refractivity contribution in [1.82, 2.24) is 0 Å². The van der Waals surface area contributed by atoms with Crippen LogP contribution in [0.4, 0.5) is 0 Å². The van der Waals surface area contributed by atoms with Crippen molar-refractivity contribution in [3.05, 3.63) is 144 Å². The first-order valence-electron chi connectivity index (χ1n) is 11.8. The molecule has 0 saturated carbocycles. The summed E-state index contributed by atoms with van der Waals surface area (Å²) in [5, 5.41) is 15.7. The van der Waals surface area contributed by atoms with Gasteiger partial charge in [0, 0.05) is 0 Å². The fraction of sp³-hybridized carbons (Fsp3) is 0.125. The van der Waals surface area contributed by atoms with Gasteiger partial charge in [-0.15, -0.1) is 0 Å². The van der Waals surface area contributed by atoms with Crippen LogP contribution in [-0.2, 0) is 22.9 Å². The van der Waals surface area contributed by atoms with Crippen molar-refractivity contribution in [2.45, 2.75) is 21.2 Å². The third-order valence-electron chi connectivity index (χ3n) is 6.15. The van der Waals surface area contributed by atoms with Gasteiger partial charge in [-0.3, -0.25) is 0 Å². The molecule has 0 saturated heterocycles. The third kappa shape index (κ3) is 5.41. The van der Waals surface area contributed by atoms with Gasteiger partial charge >= 0.3 is 172 Å². The monoisotopic (exact) mass is 491 g/mol. The molecule has 0 heterocycles. The molecule has 173 valence electrons. The van der Waals surface area contributed by atoms with Gasteiger partial charge < -0.3 is 10.2 Å². The fourth-order valence-electron chi connectivity index (χ4n) is 5.00. The van der Waals surface area contributed by atoms with Gasteiger partial charge in [-0.25, -0.2) is 0 Å². The van der Waals surface area contributed by atoms with Crippen molar-refractivity contribution < 1.29 is 33.1 Å². The van der Waals surface area contributed by atoms with E-state index in [0.717, 1.165) is 0 Å². The van der Waals surface area contributed by atoms with Gasteiger partial charge in [0.05, 0.1) is 11.5 Å². The second kappa shape index (κ2) is 11.0. The number of benzene rings is 4. The van der Waals surface area contributed by atoms with Gasteiger partial charge in [-0.2, -0.15) is 0 Å². The van der Waals surface area contributed by atoms with Gasteiger partial charge in [0.2, 0.25) is 0 Å². The molecule has 0 amide bonds. The Morgan fingerprint density at radius 2 is 0.714 bits per heavy atom. The molecule has 2 aliphatic carbocycles. The van der Waals surface area contributed by atoms with Gasteiger partial charge in [-0.1, -0.05) is 13.2 Å². The third-order valence-corrected chi connectivity index (χ3v) is 9.59. The number of hydrogen-bond acceptors (Lipinski definition) is 2. The Kier molecular flexibility index (Phi) is 7.87. The average molecular weight is 492 g/mol. The predicted octanol–water partition coefficient (Wildman–Crippen LogP) is 8.76. The summed E-state index contributed by atoms with van der Waals surface area (Å²) in [6.07, 6.45) is 0. The molecule has 0 aromatic heterocycles. The second-order valence-electron chi connectivity index (χ2n) is 8.97. The van der Waals surface area contributed by atoms with E-state index in [9.17, 15) is 0 Å². The van der Waals surface area contributed by atoms with E-state index in [1.165, 1.54) is 36.1 Å². The SMILES string of the molecule is C=C(C)O.C=C(C)O.c1ccc2c(c1)-c1ccccc1[CH]2[Sc][CH]1c2ccccc2-c2ccccc21. The van der Waals surface area contributed by atoms with E-state index >= 15 is 0 Å². The molecule has 0 spiro atoms. The Morgan fingerprint density at radius 1 is 0.514 bits per heavy atom. The molecule has 4 aromatic rings. The molecule has 0 aliphatic heterocycles. The van der Waals surface area contributed by atoms with Crippen LogP contribution < -0.4 is 0 Å². The Morgan fingerprint density at radius 3 is 0.943 bits per heavy atom. The van der Waals surface area contributed by atoms with E-state index in [-0.39, 0.29) is 11.5 Å². The van der Waals surface area contributed by atoms with E-state index < -0.39 is 22.9 Å². The van der Waals surface area contributed by atoms with Crippen LogP contribution in [-0.4, -0.2) is 10.2 Å². The van der Waals surface area contributed by atoms with Crippen molar-refractivity contribution >= 4 is 0 Å². The minimum absolute atomic E-state index is 0.167. The summed E-state index contributed by atoms with van der Waals surface area (Å²) in [5.74, 6) is 0.333. The second-order valence-corrected chi connectivity index (χ2v) is 11.7. The molecule has 2 aliphatic rings. The summed E-state index contributed by atoms with van der Waals surface area (Å²) in [7, 11) is 0. The zero-order chi connectivity index (χ0) is 24.9. The minimum atomic E-state index is -0.670. The zero-order valence-electron chi connectivity index (χ0n) is 20.3. The van der Waals surface area contributed by atoms with E-state index in [1.54, 1.807) is 22.3 Å². The Hall–Kier alpha value is -3.17. The van der Waals surface area contributed by atoms with Crippen LogP contribution in [0, 0.1) is 0 Å². The van der Waals surface area contributed by atoms with Crippen LogP contribution in [0.3, 0.4) is 0 Å². The van der Waals surface area contributed by atoms with Gasteiger partial charge in [0.1, 0.15) is 0 Å². The predicted molar refractivity (Wildman–Crippen MR) is 142 cm³/mol. The molecule has 2 nitrogen and oxygen atoms in total. The topological polar surface area (TPSA) is 40.5 Å². The molecule has 0 radical (unpaired) electrons. The summed E-state index contributed by atoms with van der Waals surface area (Å²) in [6, 6.07) is 36.3. The number of fused-ring (bicyclic) bond motifs is 6. The van der Waals surface area contributed by atoms with Gasteiger partial charge in [0.25, 0.3) is 0 Å². The van der Waals surface area contributed by atoms with E-state index in [2.05, 4.69) is 110 Å². The van der Waals surface area contributed by atoms with Crippen molar-refractivity contribution in [2.75, 3.05) is 0 Å². The van der Waals surface area contributed by atoms with Crippen LogP contribution in [0.2, 0.25) is 0 Å². The molecule has 0 unspecified atom stereocenters. The summed E-state index contributed by atoms with van der Waals surface area (Å²) >= 11 is -0.670. The summed E-state index contributed by atoms with van der Waals surface area (Å²) < 4.78 is 1.23. The Balaban J connectivity index is 0.000000319. The number of allylic oxidation sites excluding steroid dienone is 2. The zero-order valence-corrected chi connectivity index (χ0v) is 22.1. The van der Waals surface area contributed by atoms with Crippen LogP contribution >= 0.6 is 0 Å².